The Kier molecular flexibility index (Phi) is 4.92. The number of oxazole rings is 1. The average Bonchev–Trinajstić information content (AvgIpc) is 3.43. The Morgan fingerprint density at radius 1 is 1.31 bits per heavy atom. The van der Waals surface area contributed by atoms with Crippen LogP contribution in [0.5, 0.6) is 5.75 Å². The first-order chi connectivity index (χ1) is 17.0. The number of carboxylic acid groups (broad SMARTS) is 1. The van der Waals surface area contributed by atoms with E-state index in [0.717, 1.165) is 41.4 Å². The van der Waals surface area contributed by atoms with Crippen LogP contribution in [0.15, 0.2) is 52.1 Å². The van der Waals surface area contributed by atoms with Gasteiger partial charge in [-0.3, -0.25) is 9.36 Å². The molecule has 1 N–H and O–H groups in total. The summed E-state index contributed by atoms with van der Waals surface area (Å²) in [6.45, 7) is 0.0809. The standard InChI is InChI=1S/C25H18FN3O5S/c1-33-13-4-5-15(17(8-13)12-2-3-12)22-28-23-19(24(30)29(22)10-14-9-27-11-34-14)16-6-7-18(26)20(25(31)32)21(16)35-23/h4-9,11-12H,2-3,10H2,1H3,(H,31,32). The van der Waals surface area contributed by atoms with E-state index in [4.69, 9.17) is 14.1 Å². The Morgan fingerprint density at radius 3 is 2.83 bits per heavy atom. The number of rotatable bonds is 6. The third-order valence-electron chi connectivity index (χ3n) is 6.24. The number of carboxylic acids is 1. The van der Waals surface area contributed by atoms with E-state index in [-0.39, 0.29) is 22.2 Å². The van der Waals surface area contributed by atoms with Gasteiger partial charge in [0, 0.05) is 10.9 Å². The predicted molar refractivity (Wildman–Crippen MR) is 128 cm³/mol. The number of nitrogens with zero attached hydrogens (tertiary/aromatic N) is 3. The highest BCUT2D eigenvalue weighted by atomic mass is 32.1. The van der Waals surface area contributed by atoms with Gasteiger partial charge >= 0.3 is 5.97 Å². The molecule has 0 amide bonds. The van der Waals surface area contributed by atoms with Crippen molar-refractivity contribution in [3.8, 4) is 17.1 Å². The normalized spacial score (nSPS) is 13.5. The average molecular weight is 492 g/mol. The van der Waals surface area contributed by atoms with Gasteiger partial charge in [-0.1, -0.05) is 0 Å². The van der Waals surface area contributed by atoms with Gasteiger partial charge < -0.3 is 14.3 Å². The molecule has 1 aliphatic carbocycles. The summed E-state index contributed by atoms with van der Waals surface area (Å²) in [5.41, 5.74) is 0.985. The van der Waals surface area contributed by atoms with Crippen molar-refractivity contribution in [2.45, 2.75) is 25.3 Å². The highest BCUT2D eigenvalue weighted by molar-refractivity contribution is 7.25. The molecule has 8 nitrogen and oxygen atoms in total. The first-order valence-electron chi connectivity index (χ1n) is 10.9. The van der Waals surface area contributed by atoms with Crippen LogP contribution in [0.25, 0.3) is 31.7 Å². The molecule has 0 aliphatic heterocycles. The number of hydrogen-bond donors (Lipinski definition) is 1. The second-order valence-corrected chi connectivity index (χ2v) is 9.41. The van der Waals surface area contributed by atoms with E-state index in [1.807, 2.05) is 18.2 Å². The summed E-state index contributed by atoms with van der Waals surface area (Å²) in [7, 11) is 1.60. The number of hydrogen-bond acceptors (Lipinski definition) is 7. The molecule has 0 radical (unpaired) electrons. The van der Waals surface area contributed by atoms with E-state index in [2.05, 4.69) is 4.98 Å². The maximum absolute atomic E-state index is 14.4. The van der Waals surface area contributed by atoms with Crippen molar-refractivity contribution in [3.05, 3.63) is 76.0 Å². The quantitative estimate of drug-likeness (QED) is 0.355. The lowest BCUT2D eigenvalue weighted by molar-refractivity contribution is 0.0694. The van der Waals surface area contributed by atoms with E-state index in [1.54, 1.807) is 7.11 Å². The van der Waals surface area contributed by atoms with Crippen molar-refractivity contribution in [3.63, 3.8) is 0 Å². The summed E-state index contributed by atoms with van der Waals surface area (Å²) < 4.78 is 26.9. The van der Waals surface area contributed by atoms with Crippen molar-refractivity contribution in [1.82, 2.24) is 14.5 Å². The summed E-state index contributed by atoms with van der Waals surface area (Å²) in [6.07, 6.45) is 4.87. The first-order valence-corrected chi connectivity index (χ1v) is 11.7. The minimum absolute atomic E-state index is 0.0809. The van der Waals surface area contributed by atoms with Gasteiger partial charge in [0.1, 0.15) is 33.5 Å². The fourth-order valence-electron chi connectivity index (χ4n) is 4.43. The number of ether oxygens (including phenoxy) is 1. The van der Waals surface area contributed by atoms with Crippen LogP contribution in [0, 0.1) is 5.82 Å². The van der Waals surface area contributed by atoms with Crippen molar-refractivity contribution in [2.75, 3.05) is 7.11 Å². The molecule has 35 heavy (non-hydrogen) atoms. The molecule has 1 aliphatic rings. The third kappa shape index (κ3) is 3.48. The molecule has 2 aromatic carbocycles. The zero-order valence-corrected chi connectivity index (χ0v) is 19.3. The minimum atomic E-state index is -1.40. The van der Waals surface area contributed by atoms with Crippen LogP contribution in [0.2, 0.25) is 0 Å². The van der Waals surface area contributed by atoms with E-state index in [1.165, 1.54) is 23.2 Å². The summed E-state index contributed by atoms with van der Waals surface area (Å²) in [6, 6.07) is 8.16. The summed E-state index contributed by atoms with van der Waals surface area (Å²) in [4.78, 5) is 34.8. The van der Waals surface area contributed by atoms with Crippen LogP contribution in [-0.2, 0) is 6.54 Å². The van der Waals surface area contributed by atoms with E-state index < -0.39 is 17.3 Å². The molecular formula is C25H18FN3O5S. The smallest absolute Gasteiger partial charge is 0.340 e. The van der Waals surface area contributed by atoms with E-state index >= 15 is 0 Å². The summed E-state index contributed by atoms with van der Waals surface area (Å²) >= 11 is 1.00. The molecule has 0 saturated heterocycles. The number of aromatic nitrogens is 3. The summed E-state index contributed by atoms with van der Waals surface area (Å²) in [5, 5.41) is 10.2. The number of methoxy groups -OCH3 is 1. The van der Waals surface area contributed by atoms with Gasteiger partial charge in [-0.2, -0.15) is 0 Å². The van der Waals surface area contributed by atoms with E-state index in [0.29, 0.717) is 33.5 Å². The fraction of sp³-hybridized carbons (Fsp3) is 0.200. The number of carbonyl (C=O) groups is 1. The van der Waals surface area contributed by atoms with Crippen LogP contribution in [-0.4, -0.2) is 32.7 Å². The fourth-order valence-corrected chi connectivity index (χ4v) is 5.62. The number of aromatic carboxylic acids is 1. The predicted octanol–water partition coefficient (Wildman–Crippen LogP) is 5.04. The lowest BCUT2D eigenvalue weighted by Crippen LogP contribution is -2.24. The molecule has 6 rings (SSSR count). The molecule has 0 atom stereocenters. The number of fused-ring (bicyclic) bond motifs is 3. The molecule has 0 bridgehead atoms. The molecule has 1 saturated carbocycles. The van der Waals surface area contributed by atoms with Crippen LogP contribution in [0.3, 0.4) is 0 Å². The molecule has 1 fully saturated rings. The Hall–Kier alpha value is -4.05. The molecule has 176 valence electrons. The monoisotopic (exact) mass is 491 g/mol. The maximum atomic E-state index is 14.4. The molecular weight excluding hydrogens is 473 g/mol. The first kappa shape index (κ1) is 21.5. The van der Waals surface area contributed by atoms with E-state index in [9.17, 15) is 19.1 Å². The molecule has 0 spiro atoms. The minimum Gasteiger partial charge on any atom is -0.497 e. The lowest BCUT2D eigenvalue weighted by Gasteiger charge is -2.15. The Bertz CT molecular complexity index is 1690. The van der Waals surface area contributed by atoms with Crippen LogP contribution in [0.1, 0.15) is 40.4 Å². The van der Waals surface area contributed by atoms with Crippen LogP contribution in [0.4, 0.5) is 4.39 Å². The largest absolute Gasteiger partial charge is 0.497 e. The van der Waals surface area contributed by atoms with Crippen molar-refractivity contribution >= 4 is 37.6 Å². The van der Waals surface area contributed by atoms with Gasteiger partial charge in [-0.05, 0) is 54.7 Å². The Labute approximate surface area is 201 Å². The van der Waals surface area contributed by atoms with Crippen LogP contribution < -0.4 is 10.3 Å². The van der Waals surface area contributed by atoms with Gasteiger partial charge in [0.05, 0.1) is 29.9 Å². The van der Waals surface area contributed by atoms with Crippen molar-refractivity contribution < 1.29 is 23.4 Å². The molecule has 3 heterocycles. The van der Waals surface area contributed by atoms with Gasteiger partial charge in [-0.25, -0.2) is 19.2 Å². The van der Waals surface area contributed by atoms with Gasteiger partial charge in [0.15, 0.2) is 6.39 Å². The highest BCUT2D eigenvalue weighted by Gasteiger charge is 2.30. The number of halogens is 1. The zero-order chi connectivity index (χ0) is 24.3. The van der Waals surface area contributed by atoms with Crippen LogP contribution >= 0.6 is 11.3 Å². The third-order valence-corrected chi connectivity index (χ3v) is 7.36. The van der Waals surface area contributed by atoms with Gasteiger partial charge in [0.2, 0.25) is 0 Å². The Morgan fingerprint density at radius 2 is 2.14 bits per heavy atom. The van der Waals surface area contributed by atoms with Crippen molar-refractivity contribution in [1.29, 1.82) is 0 Å². The number of benzene rings is 2. The second kappa shape index (κ2) is 8.02. The van der Waals surface area contributed by atoms with Crippen molar-refractivity contribution in [2.24, 2.45) is 0 Å². The summed E-state index contributed by atoms with van der Waals surface area (Å²) in [5.74, 6) is -0.316. The van der Waals surface area contributed by atoms with Gasteiger partial charge in [0.25, 0.3) is 5.56 Å². The molecule has 10 heteroatoms. The lowest BCUT2D eigenvalue weighted by atomic mass is 10.0. The highest BCUT2D eigenvalue weighted by Crippen LogP contribution is 2.46. The Balaban J connectivity index is 1.69. The number of thiophene rings is 1. The molecule has 5 aromatic rings. The topological polar surface area (TPSA) is 107 Å². The maximum Gasteiger partial charge on any atom is 0.340 e. The molecule has 0 unspecified atom stereocenters. The SMILES string of the molecule is COc1ccc(-c2nc3sc4c(C(=O)O)c(F)ccc4c3c(=O)n2Cc2cnco2)c(C2CC2)c1. The zero-order valence-electron chi connectivity index (χ0n) is 18.4. The van der Waals surface area contributed by atoms with Gasteiger partial charge in [-0.15, -0.1) is 11.3 Å². The molecule has 3 aromatic heterocycles. The second-order valence-electron chi connectivity index (χ2n) is 8.41.